The van der Waals surface area contributed by atoms with Crippen LogP contribution in [0.5, 0.6) is 0 Å². The summed E-state index contributed by atoms with van der Waals surface area (Å²) in [5, 5.41) is 0. The number of hydrogen-bond acceptors (Lipinski definition) is 3. The molecule has 1 aromatic rings. The summed E-state index contributed by atoms with van der Waals surface area (Å²) in [6.07, 6.45) is 6.01. The Hall–Kier alpha value is -0.930. The standard InChI is InChI=1S/C12H18N2O/c1-9-6-11(8-15-9)12(13)7-10-2-4-14-5-3-10/h2-5,9,11-12H,6-8,13H2,1H3. The lowest BCUT2D eigenvalue weighted by Crippen LogP contribution is -2.32. The highest BCUT2D eigenvalue weighted by atomic mass is 16.5. The van der Waals surface area contributed by atoms with Gasteiger partial charge in [-0.1, -0.05) is 0 Å². The summed E-state index contributed by atoms with van der Waals surface area (Å²) >= 11 is 0. The van der Waals surface area contributed by atoms with Crippen molar-refractivity contribution in [3.8, 4) is 0 Å². The predicted octanol–water partition coefficient (Wildman–Crippen LogP) is 1.38. The maximum absolute atomic E-state index is 6.17. The van der Waals surface area contributed by atoms with Crippen molar-refractivity contribution in [2.45, 2.75) is 31.9 Å². The number of nitrogens with zero attached hydrogens (tertiary/aromatic N) is 1. The van der Waals surface area contributed by atoms with Gasteiger partial charge in [-0.05, 0) is 37.5 Å². The zero-order valence-corrected chi connectivity index (χ0v) is 9.10. The fourth-order valence-electron chi connectivity index (χ4n) is 2.11. The molecule has 82 valence electrons. The van der Waals surface area contributed by atoms with Gasteiger partial charge in [-0.3, -0.25) is 4.98 Å². The Kier molecular flexibility index (Phi) is 3.34. The van der Waals surface area contributed by atoms with E-state index < -0.39 is 0 Å². The van der Waals surface area contributed by atoms with Crippen molar-refractivity contribution in [3.05, 3.63) is 30.1 Å². The van der Waals surface area contributed by atoms with E-state index in [1.54, 1.807) is 0 Å². The Bertz CT molecular complexity index is 302. The van der Waals surface area contributed by atoms with E-state index in [9.17, 15) is 0 Å². The van der Waals surface area contributed by atoms with Gasteiger partial charge < -0.3 is 10.5 Å². The third-order valence-corrected chi connectivity index (χ3v) is 3.06. The fourth-order valence-corrected chi connectivity index (χ4v) is 2.11. The normalized spacial score (nSPS) is 27.9. The van der Waals surface area contributed by atoms with Crippen LogP contribution in [0.3, 0.4) is 0 Å². The molecule has 0 aliphatic carbocycles. The zero-order chi connectivity index (χ0) is 10.7. The molecule has 2 N–H and O–H groups in total. The molecule has 3 heteroatoms. The van der Waals surface area contributed by atoms with E-state index in [2.05, 4.69) is 11.9 Å². The summed E-state index contributed by atoms with van der Waals surface area (Å²) in [4.78, 5) is 4.00. The average Bonchev–Trinajstić information content (AvgIpc) is 2.66. The van der Waals surface area contributed by atoms with Crippen molar-refractivity contribution in [1.29, 1.82) is 0 Å². The van der Waals surface area contributed by atoms with Gasteiger partial charge in [0.15, 0.2) is 0 Å². The lowest BCUT2D eigenvalue weighted by molar-refractivity contribution is 0.118. The van der Waals surface area contributed by atoms with E-state index in [1.165, 1.54) is 5.56 Å². The van der Waals surface area contributed by atoms with Crippen molar-refractivity contribution < 1.29 is 4.74 Å². The first-order chi connectivity index (χ1) is 7.25. The highest BCUT2D eigenvalue weighted by molar-refractivity contribution is 5.11. The van der Waals surface area contributed by atoms with Crippen molar-refractivity contribution in [3.63, 3.8) is 0 Å². The monoisotopic (exact) mass is 206 g/mol. The van der Waals surface area contributed by atoms with Gasteiger partial charge in [0.05, 0.1) is 12.7 Å². The van der Waals surface area contributed by atoms with Crippen LogP contribution in [0, 0.1) is 5.92 Å². The van der Waals surface area contributed by atoms with Gasteiger partial charge in [-0.25, -0.2) is 0 Å². The minimum absolute atomic E-state index is 0.206. The molecule has 0 amide bonds. The first-order valence-electron chi connectivity index (χ1n) is 5.52. The summed E-state index contributed by atoms with van der Waals surface area (Å²) in [6.45, 7) is 2.92. The highest BCUT2D eigenvalue weighted by Gasteiger charge is 2.27. The third-order valence-electron chi connectivity index (χ3n) is 3.06. The second-order valence-corrected chi connectivity index (χ2v) is 4.36. The van der Waals surface area contributed by atoms with Crippen LogP contribution in [0.25, 0.3) is 0 Å². The van der Waals surface area contributed by atoms with Crippen LogP contribution in [-0.4, -0.2) is 23.7 Å². The Morgan fingerprint density at radius 2 is 2.27 bits per heavy atom. The molecule has 1 aromatic heterocycles. The Morgan fingerprint density at radius 1 is 1.53 bits per heavy atom. The molecule has 3 atom stereocenters. The van der Waals surface area contributed by atoms with Crippen molar-refractivity contribution in [2.75, 3.05) is 6.61 Å². The van der Waals surface area contributed by atoms with Crippen molar-refractivity contribution in [1.82, 2.24) is 4.98 Å². The second kappa shape index (κ2) is 4.73. The van der Waals surface area contributed by atoms with E-state index in [0.717, 1.165) is 19.4 Å². The summed E-state index contributed by atoms with van der Waals surface area (Å²) in [5.41, 5.74) is 7.43. The molecule has 1 saturated heterocycles. The molecular formula is C12H18N2O. The van der Waals surface area contributed by atoms with E-state index in [4.69, 9.17) is 10.5 Å². The zero-order valence-electron chi connectivity index (χ0n) is 9.10. The maximum Gasteiger partial charge on any atom is 0.0551 e. The summed E-state index contributed by atoms with van der Waals surface area (Å²) in [6, 6.07) is 4.26. The van der Waals surface area contributed by atoms with E-state index in [1.807, 2.05) is 24.5 Å². The van der Waals surface area contributed by atoms with Crippen LogP contribution in [0.4, 0.5) is 0 Å². The maximum atomic E-state index is 6.17. The summed E-state index contributed by atoms with van der Waals surface area (Å²) in [7, 11) is 0. The van der Waals surface area contributed by atoms with Gasteiger partial charge in [0.2, 0.25) is 0 Å². The van der Waals surface area contributed by atoms with E-state index in [0.29, 0.717) is 12.0 Å². The molecule has 1 fully saturated rings. The first-order valence-corrected chi connectivity index (χ1v) is 5.52. The van der Waals surface area contributed by atoms with Gasteiger partial charge in [-0.2, -0.15) is 0 Å². The predicted molar refractivity (Wildman–Crippen MR) is 59.4 cm³/mol. The number of nitrogens with two attached hydrogens (primary N) is 1. The lowest BCUT2D eigenvalue weighted by atomic mass is 9.93. The molecule has 2 heterocycles. The molecule has 1 aliphatic rings. The SMILES string of the molecule is CC1CC(C(N)Cc2ccncc2)CO1. The minimum atomic E-state index is 0.206. The Balaban J connectivity index is 1.90. The van der Waals surface area contributed by atoms with Gasteiger partial charge >= 0.3 is 0 Å². The molecule has 1 aliphatic heterocycles. The third kappa shape index (κ3) is 2.76. The molecule has 0 aromatic carbocycles. The van der Waals surface area contributed by atoms with E-state index in [-0.39, 0.29) is 6.04 Å². The molecule has 0 bridgehead atoms. The number of aromatic nitrogens is 1. The Labute approximate surface area is 90.7 Å². The lowest BCUT2D eigenvalue weighted by Gasteiger charge is -2.17. The van der Waals surface area contributed by atoms with Crippen LogP contribution in [0.2, 0.25) is 0 Å². The van der Waals surface area contributed by atoms with Crippen LogP contribution in [-0.2, 0) is 11.2 Å². The van der Waals surface area contributed by atoms with Crippen LogP contribution in [0.1, 0.15) is 18.9 Å². The first kappa shape index (κ1) is 10.6. The topological polar surface area (TPSA) is 48.1 Å². The van der Waals surface area contributed by atoms with Gasteiger partial charge in [0.1, 0.15) is 0 Å². The van der Waals surface area contributed by atoms with Crippen LogP contribution < -0.4 is 5.73 Å². The molecule has 0 radical (unpaired) electrons. The molecule has 0 spiro atoms. The smallest absolute Gasteiger partial charge is 0.0551 e. The number of rotatable bonds is 3. The quantitative estimate of drug-likeness (QED) is 0.812. The largest absolute Gasteiger partial charge is 0.378 e. The molecular weight excluding hydrogens is 188 g/mol. The number of hydrogen-bond donors (Lipinski definition) is 1. The van der Waals surface area contributed by atoms with Crippen LogP contribution >= 0.6 is 0 Å². The van der Waals surface area contributed by atoms with Crippen LogP contribution in [0.15, 0.2) is 24.5 Å². The molecule has 2 rings (SSSR count). The molecule has 15 heavy (non-hydrogen) atoms. The summed E-state index contributed by atoms with van der Waals surface area (Å²) < 4.78 is 5.53. The average molecular weight is 206 g/mol. The Morgan fingerprint density at radius 3 is 2.87 bits per heavy atom. The number of ether oxygens (including phenoxy) is 1. The second-order valence-electron chi connectivity index (χ2n) is 4.36. The summed E-state index contributed by atoms with van der Waals surface area (Å²) in [5.74, 6) is 0.508. The highest BCUT2D eigenvalue weighted by Crippen LogP contribution is 2.22. The fraction of sp³-hybridized carbons (Fsp3) is 0.583. The van der Waals surface area contributed by atoms with E-state index >= 15 is 0 Å². The van der Waals surface area contributed by atoms with Crippen molar-refractivity contribution in [2.24, 2.45) is 11.7 Å². The van der Waals surface area contributed by atoms with Gasteiger partial charge in [0.25, 0.3) is 0 Å². The van der Waals surface area contributed by atoms with Crippen molar-refractivity contribution >= 4 is 0 Å². The molecule has 3 nitrogen and oxygen atoms in total. The molecule has 3 unspecified atom stereocenters. The van der Waals surface area contributed by atoms with Gasteiger partial charge in [-0.15, -0.1) is 0 Å². The molecule has 0 saturated carbocycles. The van der Waals surface area contributed by atoms with Gasteiger partial charge in [0, 0.05) is 24.4 Å². The minimum Gasteiger partial charge on any atom is -0.378 e. The number of pyridine rings is 1.